The first-order valence-electron chi connectivity index (χ1n) is 5.14. The molecule has 0 fully saturated rings. The Morgan fingerprint density at radius 1 is 1.05 bits per heavy atom. The van der Waals surface area contributed by atoms with Crippen LogP contribution < -0.4 is 10.5 Å². The molecular weight excluding hydrogens is 307 g/mol. The van der Waals surface area contributed by atoms with E-state index in [1.54, 1.807) is 42.5 Å². The minimum absolute atomic E-state index is 0. The van der Waals surface area contributed by atoms with E-state index >= 15 is 0 Å². The third-order valence-electron chi connectivity index (χ3n) is 2.29. The molecule has 2 aromatic carbocycles. The average Bonchev–Trinajstić information content (AvgIpc) is 2.33. The van der Waals surface area contributed by atoms with Crippen molar-refractivity contribution in [3.63, 3.8) is 0 Å². The lowest BCUT2D eigenvalue weighted by Crippen LogP contribution is -2.12. The summed E-state index contributed by atoms with van der Waals surface area (Å²) in [6, 6.07) is 12.0. The third-order valence-corrected chi connectivity index (χ3v) is 2.82. The van der Waals surface area contributed by atoms with E-state index in [0.29, 0.717) is 27.1 Å². The normalized spacial score (nSPS) is 9.58. The number of halogens is 3. The van der Waals surface area contributed by atoms with E-state index in [1.807, 2.05) is 0 Å². The summed E-state index contributed by atoms with van der Waals surface area (Å²) >= 11 is 11.8. The Kier molecular flexibility index (Phi) is 5.48. The van der Waals surface area contributed by atoms with Gasteiger partial charge < -0.3 is 10.5 Å². The maximum Gasteiger partial charge on any atom is 0.146 e. The van der Waals surface area contributed by atoms with Gasteiger partial charge in [-0.15, -0.1) is 12.4 Å². The summed E-state index contributed by atoms with van der Waals surface area (Å²) in [5.41, 5.74) is 6.00. The van der Waals surface area contributed by atoms with Crippen molar-refractivity contribution in [3.05, 3.63) is 58.1 Å². The minimum Gasteiger partial charge on any atom is -0.455 e. The van der Waals surface area contributed by atoms with Gasteiger partial charge in [-0.2, -0.15) is 0 Å². The van der Waals surface area contributed by atoms with E-state index in [9.17, 15) is 0 Å². The Balaban J connectivity index is 0.00000180. The highest BCUT2D eigenvalue weighted by atomic mass is 35.5. The molecule has 100 valence electrons. The zero-order valence-corrected chi connectivity index (χ0v) is 12.0. The van der Waals surface area contributed by atoms with Crippen molar-refractivity contribution in [2.75, 3.05) is 0 Å². The monoisotopic (exact) mass is 316 g/mol. The number of nitrogens with one attached hydrogen (secondary N) is 1. The predicted octanol–water partition coefficient (Wildman–Crippen LogP) is 4.49. The summed E-state index contributed by atoms with van der Waals surface area (Å²) in [6.45, 7) is 0. The molecule has 2 rings (SSSR count). The average molecular weight is 318 g/mol. The second-order valence-corrected chi connectivity index (χ2v) is 4.43. The lowest BCUT2D eigenvalue weighted by atomic mass is 10.2. The molecular formula is C13H11Cl3N2O. The van der Waals surface area contributed by atoms with Gasteiger partial charge in [-0.3, -0.25) is 5.41 Å². The number of amidine groups is 1. The summed E-state index contributed by atoms with van der Waals surface area (Å²) in [6.07, 6.45) is 0. The molecule has 0 unspecified atom stereocenters. The standard InChI is InChI=1S/C13H10Cl2N2O.ClH/c14-8-5-6-12(10(15)7-8)18-11-4-2-1-3-9(11)13(16)17;/h1-7H,(H3,16,17);1H. The Hall–Kier alpha value is -1.42. The van der Waals surface area contributed by atoms with Crippen molar-refractivity contribution in [2.24, 2.45) is 5.73 Å². The van der Waals surface area contributed by atoms with Gasteiger partial charge in [-0.1, -0.05) is 35.3 Å². The van der Waals surface area contributed by atoms with Crippen LogP contribution in [0.5, 0.6) is 11.5 Å². The molecule has 19 heavy (non-hydrogen) atoms. The van der Waals surface area contributed by atoms with Crippen molar-refractivity contribution in [1.82, 2.24) is 0 Å². The molecule has 0 aliphatic heterocycles. The molecule has 3 N–H and O–H groups in total. The fraction of sp³-hybridized carbons (Fsp3) is 0. The van der Waals surface area contributed by atoms with E-state index in [1.165, 1.54) is 0 Å². The topological polar surface area (TPSA) is 59.1 Å². The van der Waals surface area contributed by atoms with Crippen LogP contribution >= 0.6 is 35.6 Å². The molecule has 0 radical (unpaired) electrons. The number of ether oxygens (including phenoxy) is 1. The van der Waals surface area contributed by atoms with Crippen LogP contribution in [0, 0.1) is 5.41 Å². The number of hydrogen-bond donors (Lipinski definition) is 2. The Labute approximate surface area is 127 Å². The van der Waals surface area contributed by atoms with Gasteiger partial charge >= 0.3 is 0 Å². The molecule has 0 aromatic heterocycles. The Morgan fingerprint density at radius 3 is 2.37 bits per heavy atom. The van der Waals surface area contributed by atoms with Crippen molar-refractivity contribution in [1.29, 1.82) is 5.41 Å². The van der Waals surface area contributed by atoms with E-state index in [4.69, 9.17) is 39.1 Å². The molecule has 0 bridgehead atoms. The number of nitrogens with two attached hydrogens (primary N) is 1. The van der Waals surface area contributed by atoms with Gasteiger partial charge in [0.05, 0.1) is 10.6 Å². The first-order chi connectivity index (χ1) is 8.58. The number of hydrogen-bond acceptors (Lipinski definition) is 2. The summed E-state index contributed by atoms with van der Waals surface area (Å²) in [4.78, 5) is 0. The maximum atomic E-state index is 7.47. The fourth-order valence-corrected chi connectivity index (χ4v) is 1.90. The Morgan fingerprint density at radius 2 is 1.74 bits per heavy atom. The van der Waals surface area contributed by atoms with Crippen molar-refractivity contribution < 1.29 is 4.74 Å². The first-order valence-corrected chi connectivity index (χ1v) is 5.90. The quantitative estimate of drug-likeness (QED) is 0.647. The van der Waals surface area contributed by atoms with Crippen LogP contribution in [0.4, 0.5) is 0 Å². The zero-order chi connectivity index (χ0) is 13.1. The van der Waals surface area contributed by atoms with Crippen LogP contribution in [0.15, 0.2) is 42.5 Å². The maximum absolute atomic E-state index is 7.47. The highest BCUT2D eigenvalue weighted by molar-refractivity contribution is 6.35. The van der Waals surface area contributed by atoms with E-state index in [2.05, 4.69) is 0 Å². The molecule has 0 aliphatic rings. The van der Waals surface area contributed by atoms with Gasteiger partial charge in [0.2, 0.25) is 0 Å². The van der Waals surface area contributed by atoms with Crippen LogP contribution in [0.25, 0.3) is 0 Å². The Bertz CT molecular complexity index is 602. The molecule has 3 nitrogen and oxygen atoms in total. The van der Waals surface area contributed by atoms with Crippen LogP contribution in [0.2, 0.25) is 10.0 Å². The fourth-order valence-electron chi connectivity index (χ4n) is 1.45. The van der Waals surface area contributed by atoms with Crippen LogP contribution in [0.1, 0.15) is 5.56 Å². The number of benzene rings is 2. The lowest BCUT2D eigenvalue weighted by Gasteiger charge is -2.11. The molecule has 2 aromatic rings. The number of para-hydroxylation sites is 1. The SMILES string of the molecule is Cl.N=C(N)c1ccccc1Oc1ccc(Cl)cc1Cl. The first kappa shape index (κ1) is 15.6. The molecule has 0 heterocycles. The lowest BCUT2D eigenvalue weighted by molar-refractivity contribution is 0.482. The highest BCUT2D eigenvalue weighted by Crippen LogP contribution is 2.32. The number of rotatable bonds is 3. The molecule has 0 amide bonds. The van der Waals surface area contributed by atoms with Gasteiger partial charge in [0.15, 0.2) is 0 Å². The van der Waals surface area contributed by atoms with E-state index < -0.39 is 0 Å². The third kappa shape index (κ3) is 3.77. The molecule has 0 saturated carbocycles. The predicted molar refractivity (Wildman–Crippen MR) is 81.2 cm³/mol. The smallest absolute Gasteiger partial charge is 0.146 e. The van der Waals surface area contributed by atoms with Crippen LogP contribution in [-0.4, -0.2) is 5.84 Å². The van der Waals surface area contributed by atoms with Gasteiger partial charge in [-0.25, -0.2) is 0 Å². The van der Waals surface area contributed by atoms with E-state index in [-0.39, 0.29) is 18.2 Å². The molecule has 0 atom stereocenters. The van der Waals surface area contributed by atoms with E-state index in [0.717, 1.165) is 0 Å². The van der Waals surface area contributed by atoms with Gasteiger partial charge in [-0.05, 0) is 30.3 Å². The second-order valence-electron chi connectivity index (χ2n) is 3.59. The molecule has 0 spiro atoms. The summed E-state index contributed by atoms with van der Waals surface area (Å²) in [5, 5.41) is 8.41. The highest BCUT2D eigenvalue weighted by Gasteiger charge is 2.09. The van der Waals surface area contributed by atoms with Crippen LogP contribution in [-0.2, 0) is 0 Å². The zero-order valence-electron chi connectivity index (χ0n) is 9.69. The summed E-state index contributed by atoms with van der Waals surface area (Å²) in [7, 11) is 0. The molecule has 0 aliphatic carbocycles. The molecule has 0 saturated heterocycles. The van der Waals surface area contributed by atoms with Crippen molar-refractivity contribution in [2.45, 2.75) is 0 Å². The van der Waals surface area contributed by atoms with Crippen LogP contribution in [0.3, 0.4) is 0 Å². The van der Waals surface area contributed by atoms with Gasteiger partial charge in [0.25, 0.3) is 0 Å². The van der Waals surface area contributed by atoms with Gasteiger partial charge in [0, 0.05) is 5.02 Å². The van der Waals surface area contributed by atoms with Crippen molar-refractivity contribution in [3.8, 4) is 11.5 Å². The molecule has 6 heteroatoms. The summed E-state index contributed by atoms with van der Waals surface area (Å²) < 4.78 is 5.65. The largest absolute Gasteiger partial charge is 0.455 e. The summed E-state index contributed by atoms with van der Waals surface area (Å²) in [5.74, 6) is 0.889. The number of nitrogen functional groups attached to an aromatic ring is 1. The van der Waals surface area contributed by atoms with Gasteiger partial charge in [0.1, 0.15) is 17.3 Å². The van der Waals surface area contributed by atoms with Crippen molar-refractivity contribution >= 4 is 41.4 Å². The second kappa shape index (κ2) is 6.66. The minimum atomic E-state index is -0.0596.